The molecule has 1 aromatic heterocycles. The lowest BCUT2D eigenvalue weighted by atomic mass is 10.2. The number of nitrogens with one attached hydrogen (secondary N) is 1. The summed E-state index contributed by atoms with van der Waals surface area (Å²) in [6.07, 6.45) is 1.71. The summed E-state index contributed by atoms with van der Waals surface area (Å²) in [5.41, 5.74) is 1.82. The van der Waals surface area contributed by atoms with Gasteiger partial charge in [-0.1, -0.05) is 30.3 Å². The predicted molar refractivity (Wildman–Crippen MR) is 88.4 cm³/mol. The first kappa shape index (κ1) is 13.7. The van der Waals surface area contributed by atoms with E-state index in [4.69, 9.17) is 21.7 Å². The molecule has 0 atom stereocenters. The summed E-state index contributed by atoms with van der Waals surface area (Å²) < 4.78 is 12.7. The number of aromatic amines is 1. The summed E-state index contributed by atoms with van der Waals surface area (Å²) in [6, 6.07) is 15.4. The molecule has 1 aliphatic heterocycles. The Hall–Kier alpha value is -2.93. The summed E-state index contributed by atoms with van der Waals surface area (Å²) in [5, 5.41) is 11.4. The molecule has 23 heavy (non-hydrogen) atoms. The zero-order valence-electron chi connectivity index (χ0n) is 12.0. The van der Waals surface area contributed by atoms with Gasteiger partial charge >= 0.3 is 0 Å². The van der Waals surface area contributed by atoms with Crippen molar-refractivity contribution in [3.63, 3.8) is 0 Å². The van der Waals surface area contributed by atoms with Crippen molar-refractivity contribution in [2.75, 3.05) is 6.79 Å². The van der Waals surface area contributed by atoms with Crippen molar-refractivity contribution in [2.24, 2.45) is 5.10 Å². The van der Waals surface area contributed by atoms with Crippen LogP contribution in [0.25, 0.3) is 11.4 Å². The average molecular weight is 324 g/mol. The first-order chi connectivity index (χ1) is 11.3. The van der Waals surface area contributed by atoms with Crippen LogP contribution in [0.3, 0.4) is 0 Å². The van der Waals surface area contributed by atoms with Crippen LogP contribution in [-0.2, 0) is 0 Å². The van der Waals surface area contributed by atoms with Gasteiger partial charge in [0.2, 0.25) is 11.6 Å². The van der Waals surface area contributed by atoms with Crippen molar-refractivity contribution in [1.82, 2.24) is 14.9 Å². The van der Waals surface area contributed by atoms with Gasteiger partial charge in [-0.3, -0.25) is 0 Å². The van der Waals surface area contributed by atoms with Crippen LogP contribution in [0, 0.1) is 4.77 Å². The van der Waals surface area contributed by atoms with Gasteiger partial charge in [-0.05, 0) is 36.0 Å². The standard InChI is InChI=1S/C16H12N4O2S/c23-16-19-18-15(12-4-2-1-3-5-12)20(16)17-9-11-6-7-13-14(8-11)22-10-21-13/h1-9H,10H2,(H,19,23)/b17-9-. The molecule has 0 bridgehead atoms. The number of H-pyrrole nitrogens is 1. The highest BCUT2D eigenvalue weighted by Crippen LogP contribution is 2.32. The first-order valence-electron chi connectivity index (χ1n) is 6.98. The van der Waals surface area contributed by atoms with Gasteiger partial charge in [0.25, 0.3) is 0 Å². The molecule has 0 saturated heterocycles. The van der Waals surface area contributed by atoms with E-state index in [1.807, 2.05) is 48.5 Å². The largest absolute Gasteiger partial charge is 0.454 e. The molecular formula is C16H12N4O2S. The van der Waals surface area contributed by atoms with Crippen molar-refractivity contribution in [2.45, 2.75) is 0 Å². The molecule has 1 aliphatic rings. The Morgan fingerprint density at radius 2 is 1.96 bits per heavy atom. The second kappa shape index (κ2) is 5.69. The van der Waals surface area contributed by atoms with Crippen LogP contribution >= 0.6 is 12.2 Å². The van der Waals surface area contributed by atoms with Gasteiger partial charge in [-0.2, -0.15) is 14.9 Å². The zero-order valence-corrected chi connectivity index (χ0v) is 12.8. The quantitative estimate of drug-likeness (QED) is 0.593. The predicted octanol–water partition coefficient (Wildman–Crippen LogP) is 3.22. The Balaban J connectivity index is 1.69. The fraction of sp³-hybridized carbons (Fsp3) is 0.0625. The van der Waals surface area contributed by atoms with Crippen molar-refractivity contribution >= 4 is 18.4 Å². The lowest BCUT2D eigenvalue weighted by molar-refractivity contribution is 0.174. The van der Waals surface area contributed by atoms with Crippen LogP contribution in [0.1, 0.15) is 5.56 Å². The minimum Gasteiger partial charge on any atom is -0.454 e. The molecule has 0 unspecified atom stereocenters. The molecule has 0 saturated carbocycles. The maximum Gasteiger partial charge on any atom is 0.231 e. The maximum atomic E-state index is 5.36. The van der Waals surface area contributed by atoms with Crippen molar-refractivity contribution < 1.29 is 9.47 Å². The Labute approximate surface area is 137 Å². The van der Waals surface area contributed by atoms with E-state index in [1.54, 1.807) is 10.9 Å². The lowest BCUT2D eigenvalue weighted by Gasteiger charge is -2.01. The molecule has 2 heterocycles. The molecule has 2 aromatic carbocycles. The van der Waals surface area contributed by atoms with Crippen LogP contribution < -0.4 is 9.47 Å². The zero-order chi connectivity index (χ0) is 15.6. The SMILES string of the molecule is S=c1[nH]nc(-c2ccccc2)n1/N=C\c1ccc2c(c1)OCO2. The minimum absolute atomic E-state index is 0.251. The van der Waals surface area contributed by atoms with Crippen LogP contribution in [-0.4, -0.2) is 27.9 Å². The summed E-state index contributed by atoms with van der Waals surface area (Å²) in [5.74, 6) is 2.12. The second-order valence-electron chi connectivity index (χ2n) is 4.89. The summed E-state index contributed by atoms with van der Waals surface area (Å²) >= 11 is 5.25. The van der Waals surface area contributed by atoms with Gasteiger partial charge in [0.1, 0.15) is 0 Å². The second-order valence-corrected chi connectivity index (χ2v) is 5.27. The van der Waals surface area contributed by atoms with E-state index in [-0.39, 0.29) is 6.79 Å². The van der Waals surface area contributed by atoms with E-state index in [9.17, 15) is 0 Å². The van der Waals surface area contributed by atoms with E-state index in [2.05, 4.69) is 15.3 Å². The summed E-state index contributed by atoms with van der Waals surface area (Å²) in [7, 11) is 0. The van der Waals surface area contributed by atoms with Gasteiger partial charge in [0, 0.05) is 5.56 Å². The van der Waals surface area contributed by atoms with E-state index in [0.29, 0.717) is 16.3 Å². The smallest absolute Gasteiger partial charge is 0.231 e. The Kier molecular flexibility index (Phi) is 3.39. The maximum absolute atomic E-state index is 5.36. The molecule has 0 aliphatic carbocycles. The highest BCUT2D eigenvalue weighted by atomic mass is 32.1. The number of ether oxygens (including phenoxy) is 2. The Morgan fingerprint density at radius 1 is 1.13 bits per heavy atom. The topological polar surface area (TPSA) is 64.4 Å². The molecule has 0 radical (unpaired) electrons. The number of hydrogen-bond donors (Lipinski definition) is 1. The summed E-state index contributed by atoms with van der Waals surface area (Å²) in [6.45, 7) is 0.251. The van der Waals surface area contributed by atoms with Gasteiger partial charge in [-0.15, -0.1) is 0 Å². The van der Waals surface area contributed by atoms with E-state index in [1.165, 1.54) is 0 Å². The minimum atomic E-state index is 0.251. The van der Waals surface area contributed by atoms with E-state index >= 15 is 0 Å². The van der Waals surface area contributed by atoms with Crippen LogP contribution in [0.4, 0.5) is 0 Å². The van der Waals surface area contributed by atoms with Crippen LogP contribution in [0.15, 0.2) is 53.6 Å². The first-order valence-corrected chi connectivity index (χ1v) is 7.39. The van der Waals surface area contributed by atoms with Crippen LogP contribution in [0.5, 0.6) is 11.5 Å². The molecule has 3 aromatic rings. The van der Waals surface area contributed by atoms with E-state index < -0.39 is 0 Å². The molecule has 6 nitrogen and oxygen atoms in total. The van der Waals surface area contributed by atoms with Gasteiger partial charge in [0.05, 0.1) is 6.21 Å². The fourth-order valence-corrected chi connectivity index (χ4v) is 2.47. The molecule has 0 fully saturated rings. The number of rotatable bonds is 3. The number of hydrogen-bond acceptors (Lipinski definition) is 5. The van der Waals surface area contributed by atoms with E-state index in [0.717, 1.165) is 16.9 Å². The highest BCUT2D eigenvalue weighted by Gasteiger charge is 2.12. The lowest BCUT2D eigenvalue weighted by Crippen LogP contribution is -1.95. The molecule has 4 rings (SSSR count). The van der Waals surface area contributed by atoms with Gasteiger partial charge in [0.15, 0.2) is 17.3 Å². The third-order valence-electron chi connectivity index (χ3n) is 3.40. The molecule has 7 heteroatoms. The number of benzene rings is 2. The van der Waals surface area contributed by atoms with Crippen molar-refractivity contribution in [3.05, 3.63) is 58.9 Å². The third-order valence-corrected chi connectivity index (χ3v) is 3.67. The fourth-order valence-electron chi connectivity index (χ4n) is 2.29. The molecule has 0 amide bonds. The summed E-state index contributed by atoms with van der Waals surface area (Å²) in [4.78, 5) is 0. The van der Waals surface area contributed by atoms with Gasteiger partial charge in [-0.25, -0.2) is 5.10 Å². The normalized spacial score (nSPS) is 12.9. The van der Waals surface area contributed by atoms with Crippen LogP contribution in [0.2, 0.25) is 0 Å². The molecule has 0 spiro atoms. The monoisotopic (exact) mass is 324 g/mol. The molecule has 114 valence electrons. The average Bonchev–Trinajstić information content (AvgIpc) is 3.19. The number of aromatic nitrogens is 3. The Morgan fingerprint density at radius 3 is 2.83 bits per heavy atom. The third kappa shape index (κ3) is 2.62. The van der Waals surface area contributed by atoms with Crippen molar-refractivity contribution in [1.29, 1.82) is 0 Å². The number of nitrogens with zero attached hydrogens (tertiary/aromatic N) is 3. The van der Waals surface area contributed by atoms with Crippen molar-refractivity contribution in [3.8, 4) is 22.9 Å². The Bertz CT molecular complexity index is 931. The number of fused-ring (bicyclic) bond motifs is 1. The van der Waals surface area contributed by atoms with Gasteiger partial charge < -0.3 is 9.47 Å². The highest BCUT2D eigenvalue weighted by molar-refractivity contribution is 7.71. The molecule has 1 N–H and O–H groups in total. The molecular weight excluding hydrogens is 312 g/mol.